The van der Waals surface area contributed by atoms with Crippen molar-refractivity contribution in [2.45, 2.75) is 39.7 Å². The van der Waals surface area contributed by atoms with Crippen LogP contribution in [0.25, 0.3) is 5.69 Å². The third kappa shape index (κ3) is 2.16. The van der Waals surface area contributed by atoms with Crippen LogP contribution in [0.15, 0.2) is 30.5 Å². The molecule has 1 atom stereocenters. The van der Waals surface area contributed by atoms with E-state index in [1.54, 1.807) is 12.1 Å². The van der Waals surface area contributed by atoms with Gasteiger partial charge < -0.3 is 9.67 Å². The topological polar surface area (TPSA) is 25.2 Å². The summed E-state index contributed by atoms with van der Waals surface area (Å²) in [6.45, 7) is 6.30. The van der Waals surface area contributed by atoms with Gasteiger partial charge in [0, 0.05) is 17.5 Å². The van der Waals surface area contributed by atoms with Crippen molar-refractivity contribution in [3.05, 3.63) is 53.1 Å². The van der Waals surface area contributed by atoms with Crippen LogP contribution in [0.5, 0.6) is 0 Å². The standard InChI is InChI=1S/C17H20FNO/c1-11-4-5-12(18)8-14(11)19-7-6-13-15(19)9-17(2,3)10-16(13)20/h4-8,16,20H,9-10H2,1-3H3. The fraction of sp³-hybridized carbons (Fsp3) is 0.412. The second-order valence-corrected chi connectivity index (χ2v) is 6.58. The SMILES string of the molecule is Cc1ccc(F)cc1-n1ccc2c1CC(C)(C)CC2O. The molecule has 1 heterocycles. The lowest BCUT2D eigenvalue weighted by Gasteiger charge is -2.34. The zero-order chi connectivity index (χ0) is 14.5. The predicted octanol–water partition coefficient (Wildman–Crippen LogP) is 3.93. The van der Waals surface area contributed by atoms with Gasteiger partial charge in [-0.1, -0.05) is 19.9 Å². The van der Waals surface area contributed by atoms with Crippen LogP contribution in [0.4, 0.5) is 4.39 Å². The summed E-state index contributed by atoms with van der Waals surface area (Å²) >= 11 is 0. The number of aromatic nitrogens is 1. The van der Waals surface area contributed by atoms with Gasteiger partial charge in [0.25, 0.3) is 0 Å². The van der Waals surface area contributed by atoms with E-state index >= 15 is 0 Å². The lowest BCUT2D eigenvalue weighted by atomic mass is 9.75. The highest BCUT2D eigenvalue weighted by Crippen LogP contribution is 2.42. The third-order valence-electron chi connectivity index (χ3n) is 4.21. The van der Waals surface area contributed by atoms with Crippen LogP contribution < -0.4 is 0 Å². The minimum atomic E-state index is -0.427. The molecule has 0 bridgehead atoms. The Kier molecular flexibility index (Phi) is 2.98. The Bertz CT molecular complexity index is 657. The van der Waals surface area contributed by atoms with Gasteiger partial charge in [-0.2, -0.15) is 0 Å². The van der Waals surface area contributed by atoms with Crippen LogP contribution >= 0.6 is 0 Å². The number of hydrogen-bond acceptors (Lipinski definition) is 1. The van der Waals surface area contributed by atoms with Gasteiger partial charge in [-0.05, 0) is 48.9 Å². The first-order chi connectivity index (χ1) is 9.37. The number of fused-ring (bicyclic) bond motifs is 1. The normalized spacial score (nSPS) is 20.8. The molecule has 0 amide bonds. The molecule has 20 heavy (non-hydrogen) atoms. The first-order valence-electron chi connectivity index (χ1n) is 7.02. The van der Waals surface area contributed by atoms with Crippen LogP contribution in [0, 0.1) is 18.2 Å². The minimum Gasteiger partial charge on any atom is -0.388 e. The third-order valence-corrected chi connectivity index (χ3v) is 4.21. The van der Waals surface area contributed by atoms with E-state index in [0.717, 1.165) is 35.3 Å². The molecule has 0 radical (unpaired) electrons. The monoisotopic (exact) mass is 273 g/mol. The van der Waals surface area contributed by atoms with Crippen LogP contribution in [-0.4, -0.2) is 9.67 Å². The molecule has 1 N–H and O–H groups in total. The molecule has 2 nitrogen and oxygen atoms in total. The Balaban J connectivity index is 2.16. The highest BCUT2D eigenvalue weighted by Gasteiger charge is 2.33. The van der Waals surface area contributed by atoms with E-state index < -0.39 is 6.10 Å². The number of rotatable bonds is 1. The maximum atomic E-state index is 13.5. The van der Waals surface area contributed by atoms with E-state index in [1.165, 1.54) is 6.07 Å². The van der Waals surface area contributed by atoms with Crippen molar-refractivity contribution in [2.24, 2.45) is 5.41 Å². The van der Waals surface area contributed by atoms with E-state index in [2.05, 4.69) is 13.8 Å². The van der Waals surface area contributed by atoms with Crippen molar-refractivity contribution in [1.82, 2.24) is 4.57 Å². The van der Waals surface area contributed by atoms with Gasteiger partial charge in [0.1, 0.15) is 5.82 Å². The van der Waals surface area contributed by atoms with Gasteiger partial charge in [0.2, 0.25) is 0 Å². The average molecular weight is 273 g/mol. The molecule has 0 spiro atoms. The molecular weight excluding hydrogens is 253 g/mol. The number of aryl methyl sites for hydroxylation is 1. The predicted molar refractivity (Wildman–Crippen MR) is 77.5 cm³/mol. The molecule has 3 heteroatoms. The molecule has 2 aromatic rings. The largest absolute Gasteiger partial charge is 0.388 e. The Morgan fingerprint density at radius 2 is 2.05 bits per heavy atom. The molecule has 1 aromatic carbocycles. The van der Waals surface area contributed by atoms with Gasteiger partial charge in [-0.3, -0.25) is 0 Å². The van der Waals surface area contributed by atoms with E-state index in [9.17, 15) is 9.50 Å². The summed E-state index contributed by atoms with van der Waals surface area (Å²) in [5.41, 5.74) is 4.03. The van der Waals surface area contributed by atoms with Gasteiger partial charge in [0.05, 0.1) is 11.8 Å². The summed E-state index contributed by atoms with van der Waals surface area (Å²) in [5, 5.41) is 10.3. The van der Waals surface area contributed by atoms with Crippen LogP contribution in [0.2, 0.25) is 0 Å². The Morgan fingerprint density at radius 1 is 1.30 bits per heavy atom. The van der Waals surface area contributed by atoms with E-state index in [4.69, 9.17) is 0 Å². The smallest absolute Gasteiger partial charge is 0.125 e. The Morgan fingerprint density at radius 3 is 2.80 bits per heavy atom. The van der Waals surface area contributed by atoms with Crippen LogP contribution in [-0.2, 0) is 6.42 Å². The quantitative estimate of drug-likeness (QED) is 0.836. The van der Waals surface area contributed by atoms with Crippen LogP contribution in [0.1, 0.15) is 43.2 Å². The molecule has 106 valence electrons. The summed E-state index contributed by atoms with van der Waals surface area (Å²) < 4.78 is 15.6. The van der Waals surface area contributed by atoms with Crippen molar-refractivity contribution < 1.29 is 9.50 Å². The first kappa shape index (κ1) is 13.4. The fourth-order valence-electron chi connectivity index (χ4n) is 3.20. The molecule has 1 aliphatic rings. The van der Waals surface area contributed by atoms with E-state index in [-0.39, 0.29) is 11.2 Å². The lowest BCUT2D eigenvalue weighted by Crippen LogP contribution is -2.26. The second-order valence-electron chi connectivity index (χ2n) is 6.58. The van der Waals surface area contributed by atoms with Gasteiger partial charge in [-0.25, -0.2) is 4.39 Å². The number of benzene rings is 1. The number of halogens is 1. The molecule has 1 unspecified atom stereocenters. The summed E-state index contributed by atoms with van der Waals surface area (Å²) in [6.07, 6.45) is 3.18. The maximum absolute atomic E-state index is 13.5. The average Bonchev–Trinajstić information content (AvgIpc) is 2.74. The second kappa shape index (κ2) is 4.45. The molecule has 1 aliphatic carbocycles. The molecule has 0 saturated heterocycles. The molecule has 0 fully saturated rings. The summed E-state index contributed by atoms with van der Waals surface area (Å²) in [4.78, 5) is 0. The van der Waals surface area contributed by atoms with Crippen molar-refractivity contribution in [1.29, 1.82) is 0 Å². The van der Waals surface area contributed by atoms with Crippen molar-refractivity contribution in [2.75, 3.05) is 0 Å². The van der Waals surface area contributed by atoms with Gasteiger partial charge >= 0.3 is 0 Å². The number of hydrogen-bond donors (Lipinski definition) is 1. The molecule has 0 aliphatic heterocycles. The zero-order valence-corrected chi connectivity index (χ0v) is 12.2. The molecule has 0 saturated carbocycles. The first-order valence-corrected chi connectivity index (χ1v) is 7.02. The lowest BCUT2D eigenvalue weighted by molar-refractivity contribution is 0.0987. The molecule has 3 rings (SSSR count). The minimum absolute atomic E-state index is 0.0593. The van der Waals surface area contributed by atoms with Gasteiger partial charge in [0.15, 0.2) is 0 Å². The Hall–Kier alpha value is -1.61. The van der Waals surface area contributed by atoms with E-state index in [0.29, 0.717) is 0 Å². The molecular formula is C17H20FNO. The summed E-state index contributed by atoms with van der Waals surface area (Å²) in [5.74, 6) is -0.233. The number of aliphatic hydroxyl groups is 1. The van der Waals surface area contributed by atoms with Gasteiger partial charge in [-0.15, -0.1) is 0 Å². The van der Waals surface area contributed by atoms with Crippen molar-refractivity contribution in [3.8, 4) is 5.69 Å². The van der Waals surface area contributed by atoms with Crippen molar-refractivity contribution >= 4 is 0 Å². The van der Waals surface area contributed by atoms with E-state index in [1.807, 2.05) is 23.8 Å². The number of aliphatic hydroxyl groups excluding tert-OH is 1. The summed E-state index contributed by atoms with van der Waals surface area (Å²) in [6, 6.07) is 6.79. The Labute approximate surface area is 118 Å². The van der Waals surface area contributed by atoms with Crippen molar-refractivity contribution in [3.63, 3.8) is 0 Å². The fourth-order valence-corrected chi connectivity index (χ4v) is 3.20. The maximum Gasteiger partial charge on any atom is 0.125 e. The highest BCUT2D eigenvalue weighted by molar-refractivity contribution is 5.45. The number of nitrogens with zero attached hydrogens (tertiary/aromatic N) is 1. The molecule has 1 aromatic heterocycles. The van der Waals surface area contributed by atoms with Crippen LogP contribution in [0.3, 0.4) is 0 Å². The zero-order valence-electron chi connectivity index (χ0n) is 12.2. The highest BCUT2D eigenvalue weighted by atomic mass is 19.1. The summed E-state index contributed by atoms with van der Waals surface area (Å²) in [7, 11) is 0.